The fourth-order valence-electron chi connectivity index (χ4n) is 2.00. The van der Waals surface area contributed by atoms with Gasteiger partial charge in [0.15, 0.2) is 6.61 Å². The lowest BCUT2D eigenvalue weighted by atomic mass is 10.2. The van der Waals surface area contributed by atoms with Crippen LogP contribution in [-0.2, 0) is 4.79 Å². The number of hydrogen-bond acceptors (Lipinski definition) is 3. The predicted molar refractivity (Wildman–Crippen MR) is 71.0 cm³/mol. The molecule has 5 heteroatoms. The monoisotopic (exact) mass is 268 g/mol. The molecule has 1 aliphatic heterocycles. The highest BCUT2D eigenvalue weighted by Crippen LogP contribution is 2.15. The van der Waals surface area contributed by atoms with E-state index in [2.05, 4.69) is 17.3 Å². The van der Waals surface area contributed by atoms with Gasteiger partial charge in [-0.05, 0) is 44.3 Å². The Bertz CT molecular complexity index is 408. The molecule has 1 aromatic carbocycles. The lowest BCUT2D eigenvalue weighted by Crippen LogP contribution is -2.39. The van der Waals surface area contributed by atoms with Crippen LogP contribution in [-0.4, -0.2) is 43.6 Å². The minimum absolute atomic E-state index is 0.0435. The van der Waals surface area contributed by atoms with Crippen molar-refractivity contribution < 1.29 is 9.53 Å². The van der Waals surface area contributed by atoms with E-state index in [-0.39, 0.29) is 18.6 Å². The van der Waals surface area contributed by atoms with Crippen LogP contribution >= 0.6 is 11.6 Å². The molecule has 1 aromatic rings. The van der Waals surface area contributed by atoms with Gasteiger partial charge in [0.05, 0.1) is 0 Å². The van der Waals surface area contributed by atoms with Gasteiger partial charge in [-0.15, -0.1) is 0 Å². The zero-order valence-electron chi connectivity index (χ0n) is 10.4. The molecular formula is C13H17ClN2O2. The second-order valence-electron chi connectivity index (χ2n) is 4.56. The Kier molecular flexibility index (Phi) is 4.44. The van der Waals surface area contributed by atoms with E-state index in [1.54, 1.807) is 24.3 Å². The normalized spacial score (nSPS) is 19.8. The smallest absolute Gasteiger partial charge is 0.258 e. The Hall–Kier alpha value is -1.26. The SMILES string of the molecule is CN1CCC(NC(=O)COc2ccc(Cl)cc2)C1. The summed E-state index contributed by atoms with van der Waals surface area (Å²) in [6.45, 7) is 1.98. The number of carbonyl (C=O) groups is 1. The number of likely N-dealkylation sites (tertiary alicyclic amines) is 1. The molecule has 1 N–H and O–H groups in total. The molecule has 18 heavy (non-hydrogen) atoms. The van der Waals surface area contributed by atoms with Crippen molar-refractivity contribution in [3.8, 4) is 5.75 Å². The first-order valence-electron chi connectivity index (χ1n) is 6.00. The summed E-state index contributed by atoms with van der Waals surface area (Å²) < 4.78 is 5.38. The van der Waals surface area contributed by atoms with Gasteiger partial charge in [-0.25, -0.2) is 0 Å². The van der Waals surface area contributed by atoms with Gasteiger partial charge in [0, 0.05) is 17.6 Å². The molecule has 0 radical (unpaired) electrons. The largest absolute Gasteiger partial charge is 0.484 e. The van der Waals surface area contributed by atoms with Crippen LogP contribution in [0.4, 0.5) is 0 Å². The third-order valence-corrected chi connectivity index (χ3v) is 3.19. The van der Waals surface area contributed by atoms with Crippen molar-refractivity contribution in [1.29, 1.82) is 0 Å². The van der Waals surface area contributed by atoms with Gasteiger partial charge in [-0.1, -0.05) is 11.6 Å². The summed E-state index contributed by atoms with van der Waals surface area (Å²) in [7, 11) is 2.05. The summed E-state index contributed by atoms with van der Waals surface area (Å²) in [6.07, 6.45) is 1.00. The van der Waals surface area contributed by atoms with Gasteiger partial charge in [0.1, 0.15) is 5.75 Å². The molecule has 1 fully saturated rings. The molecule has 1 heterocycles. The molecule has 4 nitrogen and oxygen atoms in total. The molecule has 0 bridgehead atoms. The van der Waals surface area contributed by atoms with Crippen molar-refractivity contribution in [1.82, 2.24) is 10.2 Å². The molecule has 0 aromatic heterocycles. The Morgan fingerprint density at radius 2 is 2.22 bits per heavy atom. The summed E-state index contributed by atoms with van der Waals surface area (Å²) in [4.78, 5) is 13.9. The van der Waals surface area contributed by atoms with Gasteiger partial charge in [-0.2, -0.15) is 0 Å². The summed E-state index contributed by atoms with van der Waals surface area (Å²) >= 11 is 5.76. The van der Waals surface area contributed by atoms with E-state index in [1.165, 1.54) is 0 Å². The topological polar surface area (TPSA) is 41.6 Å². The average Bonchev–Trinajstić information content (AvgIpc) is 2.74. The summed E-state index contributed by atoms with van der Waals surface area (Å²) in [5.74, 6) is 0.573. The molecule has 1 atom stereocenters. The Balaban J connectivity index is 1.73. The first-order chi connectivity index (χ1) is 8.63. The quantitative estimate of drug-likeness (QED) is 0.901. The van der Waals surface area contributed by atoms with E-state index in [9.17, 15) is 4.79 Å². The number of ether oxygens (including phenoxy) is 1. The van der Waals surface area contributed by atoms with E-state index >= 15 is 0 Å². The van der Waals surface area contributed by atoms with Crippen molar-refractivity contribution in [2.24, 2.45) is 0 Å². The molecule has 1 unspecified atom stereocenters. The van der Waals surface area contributed by atoms with Crippen molar-refractivity contribution >= 4 is 17.5 Å². The molecule has 0 saturated carbocycles. The summed E-state index contributed by atoms with van der Waals surface area (Å²) in [5, 5.41) is 3.61. The number of halogens is 1. The lowest BCUT2D eigenvalue weighted by molar-refractivity contribution is -0.123. The Labute approximate surface area is 112 Å². The number of carbonyl (C=O) groups excluding carboxylic acids is 1. The van der Waals surface area contributed by atoms with Crippen molar-refractivity contribution in [2.45, 2.75) is 12.5 Å². The molecule has 1 amide bonds. The van der Waals surface area contributed by atoms with Crippen LogP contribution in [0, 0.1) is 0 Å². The van der Waals surface area contributed by atoms with Crippen LogP contribution < -0.4 is 10.1 Å². The third kappa shape index (κ3) is 3.89. The maximum atomic E-state index is 11.7. The number of likely N-dealkylation sites (N-methyl/N-ethyl adjacent to an activating group) is 1. The van der Waals surface area contributed by atoms with Crippen LogP contribution in [0.1, 0.15) is 6.42 Å². The van der Waals surface area contributed by atoms with Crippen molar-refractivity contribution in [2.75, 3.05) is 26.7 Å². The van der Waals surface area contributed by atoms with Gasteiger partial charge in [0.2, 0.25) is 0 Å². The second kappa shape index (κ2) is 6.07. The van der Waals surface area contributed by atoms with E-state index < -0.39 is 0 Å². The first-order valence-corrected chi connectivity index (χ1v) is 6.37. The zero-order chi connectivity index (χ0) is 13.0. The highest BCUT2D eigenvalue weighted by molar-refractivity contribution is 6.30. The van der Waals surface area contributed by atoms with E-state index in [4.69, 9.17) is 16.3 Å². The standard InChI is InChI=1S/C13H17ClN2O2/c1-16-7-6-11(8-16)15-13(17)9-18-12-4-2-10(14)3-5-12/h2-5,11H,6-9H2,1H3,(H,15,17). The molecule has 0 aliphatic carbocycles. The molecular weight excluding hydrogens is 252 g/mol. The lowest BCUT2D eigenvalue weighted by Gasteiger charge is -2.13. The maximum Gasteiger partial charge on any atom is 0.258 e. The Morgan fingerprint density at radius 3 is 2.83 bits per heavy atom. The number of rotatable bonds is 4. The Morgan fingerprint density at radius 1 is 1.50 bits per heavy atom. The third-order valence-electron chi connectivity index (χ3n) is 2.94. The van der Waals surface area contributed by atoms with Crippen molar-refractivity contribution in [3.05, 3.63) is 29.3 Å². The number of nitrogens with zero attached hydrogens (tertiary/aromatic N) is 1. The number of hydrogen-bond donors (Lipinski definition) is 1. The highest BCUT2D eigenvalue weighted by atomic mass is 35.5. The second-order valence-corrected chi connectivity index (χ2v) is 4.99. The van der Waals surface area contributed by atoms with Crippen LogP contribution in [0.5, 0.6) is 5.75 Å². The van der Waals surface area contributed by atoms with E-state index in [1.807, 2.05) is 0 Å². The van der Waals surface area contributed by atoms with Gasteiger partial charge in [-0.3, -0.25) is 4.79 Å². The average molecular weight is 269 g/mol. The maximum absolute atomic E-state index is 11.7. The summed E-state index contributed by atoms with van der Waals surface area (Å²) in [5.41, 5.74) is 0. The minimum atomic E-state index is -0.0785. The number of nitrogens with one attached hydrogen (secondary N) is 1. The number of amides is 1. The van der Waals surface area contributed by atoms with Crippen LogP contribution in [0.25, 0.3) is 0 Å². The fourth-order valence-corrected chi connectivity index (χ4v) is 2.13. The van der Waals surface area contributed by atoms with Crippen LogP contribution in [0.3, 0.4) is 0 Å². The van der Waals surface area contributed by atoms with Crippen molar-refractivity contribution in [3.63, 3.8) is 0 Å². The molecule has 0 spiro atoms. The predicted octanol–water partition coefficient (Wildman–Crippen LogP) is 1.54. The molecule has 1 aliphatic rings. The van der Waals surface area contributed by atoms with Gasteiger partial charge >= 0.3 is 0 Å². The van der Waals surface area contributed by atoms with E-state index in [0.717, 1.165) is 19.5 Å². The highest BCUT2D eigenvalue weighted by Gasteiger charge is 2.20. The van der Waals surface area contributed by atoms with Gasteiger partial charge < -0.3 is 15.0 Å². The van der Waals surface area contributed by atoms with Gasteiger partial charge in [0.25, 0.3) is 5.91 Å². The van der Waals surface area contributed by atoms with Crippen LogP contribution in [0.15, 0.2) is 24.3 Å². The van der Waals surface area contributed by atoms with E-state index in [0.29, 0.717) is 10.8 Å². The molecule has 98 valence electrons. The zero-order valence-corrected chi connectivity index (χ0v) is 11.1. The molecule has 2 rings (SSSR count). The fraction of sp³-hybridized carbons (Fsp3) is 0.462. The molecule has 1 saturated heterocycles. The first kappa shape index (κ1) is 13.2. The number of benzene rings is 1. The summed E-state index contributed by atoms with van der Waals surface area (Å²) in [6, 6.07) is 7.22. The minimum Gasteiger partial charge on any atom is -0.484 e. The van der Waals surface area contributed by atoms with Crippen LogP contribution in [0.2, 0.25) is 5.02 Å².